The molecule has 0 bridgehead atoms. The summed E-state index contributed by atoms with van der Waals surface area (Å²) in [5.74, 6) is -0.437. The van der Waals surface area contributed by atoms with Gasteiger partial charge in [-0.25, -0.2) is 8.42 Å². The van der Waals surface area contributed by atoms with Gasteiger partial charge in [0.1, 0.15) is 6.54 Å². The van der Waals surface area contributed by atoms with Crippen molar-refractivity contribution < 1.29 is 17.9 Å². The van der Waals surface area contributed by atoms with Crippen LogP contribution in [0.3, 0.4) is 0 Å². The van der Waals surface area contributed by atoms with Crippen molar-refractivity contribution >= 4 is 55.0 Å². The highest BCUT2D eigenvalue weighted by Gasteiger charge is 2.23. The van der Waals surface area contributed by atoms with Crippen molar-refractivity contribution in [1.29, 1.82) is 0 Å². The molecule has 0 saturated carbocycles. The maximum Gasteiger partial charge on any atom is 0.325 e. The molecule has 0 aliphatic heterocycles. The quantitative estimate of drug-likeness (QED) is 0.453. The monoisotopic (exact) mass is 442 g/mol. The fourth-order valence-electron chi connectivity index (χ4n) is 3.60. The van der Waals surface area contributed by atoms with E-state index in [0.29, 0.717) is 32.7 Å². The van der Waals surface area contributed by atoms with E-state index in [2.05, 4.69) is 4.72 Å². The molecule has 0 fully saturated rings. The predicted molar refractivity (Wildman–Crippen MR) is 118 cm³/mol. The van der Waals surface area contributed by atoms with E-state index in [1.54, 1.807) is 54.0 Å². The Hall–Kier alpha value is -3.03. The van der Waals surface area contributed by atoms with Gasteiger partial charge in [0.25, 0.3) is 10.0 Å². The lowest BCUT2D eigenvalue weighted by molar-refractivity contribution is -0.141. The number of esters is 1. The van der Waals surface area contributed by atoms with E-state index < -0.39 is 16.0 Å². The number of hydrogen-bond donors (Lipinski definition) is 1. The minimum Gasteiger partial charge on any atom is -0.468 e. The Balaban J connectivity index is 1.88. The van der Waals surface area contributed by atoms with Crippen molar-refractivity contribution in [3.05, 3.63) is 71.4 Å². The molecule has 0 radical (unpaired) electrons. The summed E-state index contributed by atoms with van der Waals surface area (Å²) in [6, 6.07) is 17.6. The Kier molecular flexibility index (Phi) is 5.17. The molecule has 1 aromatic heterocycles. The molecule has 0 spiro atoms. The molecule has 4 aromatic rings. The van der Waals surface area contributed by atoms with Gasteiger partial charge in [0.05, 0.1) is 23.2 Å². The maximum absolute atomic E-state index is 13.3. The van der Waals surface area contributed by atoms with Crippen molar-refractivity contribution in [3.63, 3.8) is 0 Å². The summed E-state index contributed by atoms with van der Waals surface area (Å²) >= 11 is 6.17. The van der Waals surface area contributed by atoms with Crippen LogP contribution in [0.4, 0.5) is 5.69 Å². The molecule has 0 amide bonds. The molecule has 0 atom stereocenters. The fraction of sp³-hybridized carbons (Fsp3) is 0.136. The Bertz CT molecular complexity index is 1390. The first kappa shape index (κ1) is 20.3. The third-order valence-electron chi connectivity index (χ3n) is 5.08. The molecule has 0 aliphatic rings. The number of carbonyl (C=O) groups excluding carboxylic acids is 1. The number of anilines is 1. The normalized spacial score (nSPS) is 11.7. The highest BCUT2D eigenvalue weighted by molar-refractivity contribution is 7.93. The van der Waals surface area contributed by atoms with Crippen LogP contribution in [0.5, 0.6) is 0 Å². The molecule has 3 aromatic carbocycles. The van der Waals surface area contributed by atoms with E-state index in [0.717, 1.165) is 5.39 Å². The van der Waals surface area contributed by atoms with Gasteiger partial charge in [0.15, 0.2) is 0 Å². The van der Waals surface area contributed by atoms with E-state index in [-0.39, 0.29) is 11.4 Å². The predicted octanol–water partition coefficient (Wildman–Crippen LogP) is 4.73. The second-order valence-corrected chi connectivity index (χ2v) is 8.95. The Morgan fingerprint density at radius 1 is 1.07 bits per heavy atom. The van der Waals surface area contributed by atoms with Gasteiger partial charge in [0, 0.05) is 21.5 Å². The molecule has 0 unspecified atom stereocenters. The van der Waals surface area contributed by atoms with Gasteiger partial charge in [0.2, 0.25) is 0 Å². The number of ether oxygens (including phenoxy) is 1. The van der Waals surface area contributed by atoms with Crippen molar-refractivity contribution in [3.8, 4) is 0 Å². The lowest BCUT2D eigenvalue weighted by Gasteiger charge is -2.12. The van der Waals surface area contributed by atoms with Crippen molar-refractivity contribution in [2.45, 2.75) is 18.4 Å². The number of sulfonamides is 1. The smallest absolute Gasteiger partial charge is 0.325 e. The molecule has 0 aliphatic carbocycles. The molecule has 8 heteroatoms. The van der Waals surface area contributed by atoms with Crippen LogP contribution >= 0.6 is 11.6 Å². The van der Waals surface area contributed by atoms with Crippen molar-refractivity contribution in [1.82, 2.24) is 4.57 Å². The van der Waals surface area contributed by atoms with E-state index in [9.17, 15) is 13.2 Å². The highest BCUT2D eigenvalue weighted by atomic mass is 35.5. The molecule has 4 rings (SSSR count). The Labute approximate surface area is 179 Å². The minimum absolute atomic E-state index is 0.0452. The third kappa shape index (κ3) is 3.51. The fourth-order valence-corrected chi connectivity index (χ4v) is 5.14. The van der Waals surface area contributed by atoms with Gasteiger partial charge in [-0.3, -0.25) is 9.52 Å². The molecule has 1 N–H and O–H groups in total. The van der Waals surface area contributed by atoms with Gasteiger partial charge in [-0.15, -0.1) is 0 Å². The number of halogens is 1. The molecule has 6 nitrogen and oxygen atoms in total. The summed E-state index contributed by atoms with van der Waals surface area (Å²) in [4.78, 5) is 12.1. The van der Waals surface area contributed by atoms with Crippen LogP contribution < -0.4 is 4.72 Å². The van der Waals surface area contributed by atoms with Gasteiger partial charge in [-0.1, -0.05) is 48.0 Å². The first-order valence-corrected chi connectivity index (χ1v) is 11.0. The summed E-state index contributed by atoms with van der Waals surface area (Å²) in [5, 5.41) is 2.52. The summed E-state index contributed by atoms with van der Waals surface area (Å²) < 4.78 is 35.9. The Morgan fingerprint density at radius 2 is 1.80 bits per heavy atom. The summed E-state index contributed by atoms with van der Waals surface area (Å²) in [6.07, 6.45) is 0. The second kappa shape index (κ2) is 7.66. The third-order valence-corrected chi connectivity index (χ3v) is 6.72. The number of benzene rings is 3. The van der Waals surface area contributed by atoms with Crippen molar-refractivity contribution in [2.24, 2.45) is 0 Å². The van der Waals surface area contributed by atoms with Gasteiger partial charge < -0.3 is 9.30 Å². The average Bonchev–Trinajstić information content (AvgIpc) is 2.98. The number of methoxy groups -OCH3 is 1. The van der Waals surface area contributed by atoms with Crippen molar-refractivity contribution in [2.75, 3.05) is 11.8 Å². The van der Waals surface area contributed by atoms with Gasteiger partial charge >= 0.3 is 5.97 Å². The van der Waals surface area contributed by atoms with Gasteiger partial charge in [-0.05, 0) is 36.6 Å². The zero-order valence-electron chi connectivity index (χ0n) is 16.3. The van der Waals surface area contributed by atoms with Crippen LogP contribution in [0.15, 0.2) is 65.6 Å². The number of rotatable bonds is 5. The number of carbonyl (C=O) groups is 1. The van der Waals surface area contributed by atoms with Crippen LogP contribution in [0.25, 0.3) is 21.7 Å². The number of fused-ring (bicyclic) bond motifs is 2. The first-order chi connectivity index (χ1) is 14.3. The topological polar surface area (TPSA) is 77.4 Å². The molecule has 0 saturated heterocycles. The molecular weight excluding hydrogens is 424 g/mol. The number of hydrogen-bond acceptors (Lipinski definition) is 4. The van der Waals surface area contributed by atoms with E-state index in [1.807, 2.05) is 18.2 Å². The van der Waals surface area contributed by atoms with Crippen LogP contribution in [-0.4, -0.2) is 26.1 Å². The van der Waals surface area contributed by atoms with E-state index >= 15 is 0 Å². The van der Waals surface area contributed by atoms with Crippen LogP contribution in [0, 0.1) is 6.92 Å². The summed E-state index contributed by atoms with van der Waals surface area (Å²) in [7, 11) is -2.60. The summed E-state index contributed by atoms with van der Waals surface area (Å²) in [6.45, 7) is 1.70. The second-order valence-electron chi connectivity index (χ2n) is 6.87. The number of nitrogens with zero attached hydrogens (tertiary/aromatic N) is 1. The zero-order chi connectivity index (χ0) is 21.5. The van der Waals surface area contributed by atoms with Crippen LogP contribution in [0.2, 0.25) is 5.02 Å². The minimum atomic E-state index is -3.91. The lowest BCUT2D eigenvalue weighted by atomic mass is 10.1. The molecule has 30 heavy (non-hydrogen) atoms. The van der Waals surface area contributed by atoms with E-state index in [1.165, 1.54) is 7.11 Å². The van der Waals surface area contributed by atoms with Crippen LogP contribution in [-0.2, 0) is 26.1 Å². The first-order valence-electron chi connectivity index (χ1n) is 9.17. The lowest BCUT2D eigenvalue weighted by Crippen LogP contribution is -2.15. The highest BCUT2D eigenvalue weighted by Crippen LogP contribution is 2.35. The summed E-state index contributed by atoms with van der Waals surface area (Å²) in [5.41, 5.74) is 1.64. The SMILES string of the molecule is COC(=O)Cn1c(C)c(NS(=O)(=O)c2cccc3ccccc23)c2cc(Cl)ccc21. The van der Waals surface area contributed by atoms with Gasteiger partial charge in [-0.2, -0.15) is 0 Å². The maximum atomic E-state index is 13.3. The molecular formula is C22H19ClN2O4S. The van der Waals surface area contributed by atoms with E-state index in [4.69, 9.17) is 16.3 Å². The molecule has 1 heterocycles. The number of aromatic nitrogens is 1. The zero-order valence-corrected chi connectivity index (χ0v) is 17.9. The number of nitrogens with one attached hydrogen (secondary N) is 1. The standard InChI is InChI=1S/C22H19ClN2O4S/c1-14-22(18-12-16(23)10-11-19(18)25(14)13-21(26)29-2)24-30(27,28)20-9-5-7-15-6-3-4-8-17(15)20/h3-12,24H,13H2,1-2H3. The van der Waals surface area contributed by atoms with Crippen LogP contribution in [0.1, 0.15) is 5.69 Å². The largest absolute Gasteiger partial charge is 0.468 e. The Morgan fingerprint density at radius 3 is 2.57 bits per heavy atom. The molecule has 154 valence electrons. The average molecular weight is 443 g/mol.